The van der Waals surface area contributed by atoms with Gasteiger partial charge in [-0.1, -0.05) is 19.6 Å². The topological polar surface area (TPSA) is 76.2 Å². The Morgan fingerprint density at radius 3 is 2.35 bits per heavy atom. The highest BCUT2D eigenvalue weighted by atomic mass is 28.3. The molecule has 0 fully saturated rings. The molecule has 17 heavy (non-hydrogen) atoms. The van der Waals surface area contributed by atoms with E-state index in [0.717, 1.165) is 0 Å². The SMILES string of the molecule is COc1ccc([N+](=O)[O-])c([Si](C)(C)C)c1C#N. The van der Waals surface area contributed by atoms with Gasteiger partial charge in [0.15, 0.2) is 0 Å². The Balaban J connectivity index is 3.70. The Bertz CT molecular complexity index is 501. The maximum absolute atomic E-state index is 11.0. The van der Waals surface area contributed by atoms with Crippen LogP contribution >= 0.6 is 0 Å². The molecule has 6 heteroatoms. The van der Waals surface area contributed by atoms with Crippen LogP contribution < -0.4 is 9.92 Å². The summed E-state index contributed by atoms with van der Waals surface area (Å²) in [6.45, 7) is 5.90. The lowest BCUT2D eigenvalue weighted by Crippen LogP contribution is -2.41. The molecule has 0 heterocycles. The average Bonchev–Trinajstić information content (AvgIpc) is 2.25. The second kappa shape index (κ2) is 4.55. The van der Waals surface area contributed by atoms with Gasteiger partial charge in [0, 0.05) is 11.3 Å². The second-order valence-corrected chi connectivity index (χ2v) is 9.66. The molecule has 0 aromatic heterocycles. The molecule has 0 aliphatic rings. The Kier molecular flexibility index (Phi) is 3.53. The fraction of sp³-hybridized carbons (Fsp3) is 0.364. The number of nitro groups is 1. The molecule has 1 aromatic carbocycles. The monoisotopic (exact) mass is 250 g/mol. The lowest BCUT2D eigenvalue weighted by Gasteiger charge is -2.19. The van der Waals surface area contributed by atoms with Gasteiger partial charge in [-0.2, -0.15) is 5.26 Å². The molecule has 1 aromatic rings. The van der Waals surface area contributed by atoms with E-state index in [1.165, 1.54) is 19.2 Å². The highest BCUT2D eigenvalue weighted by molar-refractivity contribution is 6.90. The predicted octanol–water partition coefficient (Wildman–Crippen LogP) is 2.02. The van der Waals surface area contributed by atoms with Gasteiger partial charge in [0.25, 0.3) is 5.69 Å². The molecular weight excluding hydrogens is 236 g/mol. The molecule has 0 unspecified atom stereocenters. The fourth-order valence-corrected chi connectivity index (χ4v) is 3.64. The van der Waals surface area contributed by atoms with Crippen LogP contribution in [0.25, 0.3) is 0 Å². The van der Waals surface area contributed by atoms with Gasteiger partial charge in [0.2, 0.25) is 0 Å². The van der Waals surface area contributed by atoms with Crippen molar-refractivity contribution < 1.29 is 9.66 Å². The van der Waals surface area contributed by atoms with Crippen molar-refractivity contribution in [2.45, 2.75) is 19.6 Å². The number of nitriles is 1. The molecule has 0 saturated heterocycles. The molecular formula is C11H14N2O3Si. The first-order valence-electron chi connectivity index (χ1n) is 5.09. The minimum Gasteiger partial charge on any atom is -0.495 e. The van der Waals surface area contributed by atoms with E-state index < -0.39 is 13.0 Å². The van der Waals surface area contributed by atoms with Gasteiger partial charge in [-0.05, 0) is 6.07 Å². The van der Waals surface area contributed by atoms with Crippen LogP contribution in [0.4, 0.5) is 5.69 Å². The smallest absolute Gasteiger partial charge is 0.270 e. The van der Waals surface area contributed by atoms with Crippen LogP contribution in [0.5, 0.6) is 5.75 Å². The molecule has 0 saturated carbocycles. The number of methoxy groups -OCH3 is 1. The fourth-order valence-electron chi connectivity index (χ4n) is 1.77. The van der Waals surface area contributed by atoms with E-state index in [0.29, 0.717) is 16.5 Å². The number of ether oxygens (including phenoxy) is 1. The van der Waals surface area contributed by atoms with Crippen LogP contribution in [0.1, 0.15) is 5.56 Å². The molecule has 0 radical (unpaired) electrons. The zero-order valence-electron chi connectivity index (χ0n) is 10.3. The summed E-state index contributed by atoms with van der Waals surface area (Å²) in [7, 11) is -0.544. The van der Waals surface area contributed by atoms with E-state index in [1.54, 1.807) is 0 Å². The summed E-state index contributed by atoms with van der Waals surface area (Å²) in [6.07, 6.45) is 0. The first kappa shape index (κ1) is 13.2. The van der Waals surface area contributed by atoms with Crippen LogP contribution in [0.2, 0.25) is 19.6 Å². The molecule has 0 N–H and O–H groups in total. The average molecular weight is 250 g/mol. The minimum absolute atomic E-state index is 0.0153. The molecule has 0 amide bonds. The van der Waals surface area contributed by atoms with Crippen molar-refractivity contribution in [3.8, 4) is 11.8 Å². The summed E-state index contributed by atoms with van der Waals surface area (Å²) in [5.41, 5.74) is 0.308. The predicted molar refractivity (Wildman–Crippen MR) is 67.3 cm³/mol. The van der Waals surface area contributed by atoms with Crippen molar-refractivity contribution in [2.75, 3.05) is 7.11 Å². The van der Waals surface area contributed by atoms with Crippen LogP contribution in [0.3, 0.4) is 0 Å². The Morgan fingerprint density at radius 1 is 1.41 bits per heavy atom. The maximum atomic E-state index is 11.0. The number of hydrogen-bond donors (Lipinski definition) is 0. The van der Waals surface area contributed by atoms with E-state index in [9.17, 15) is 10.1 Å². The van der Waals surface area contributed by atoms with Gasteiger partial charge in [-0.15, -0.1) is 0 Å². The third-order valence-corrected chi connectivity index (χ3v) is 4.43. The molecule has 1 rings (SSSR count). The highest BCUT2D eigenvalue weighted by Crippen LogP contribution is 2.24. The van der Waals surface area contributed by atoms with Crippen LogP contribution in [0, 0.1) is 21.4 Å². The van der Waals surface area contributed by atoms with Crippen molar-refractivity contribution in [3.63, 3.8) is 0 Å². The third kappa shape index (κ3) is 2.45. The van der Waals surface area contributed by atoms with Crippen molar-refractivity contribution in [3.05, 3.63) is 27.8 Å². The van der Waals surface area contributed by atoms with Gasteiger partial charge >= 0.3 is 0 Å². The maximum Gasteiger partial charge on any atom is 0.270 e. The van der Waals surface area contributed by atoms with Crippen LogP contribution in [-0.4, -0.2) is 20.1 Å². The Hall–Kier alpha value is -1.87. The highest BCUT2D eigenvalue weighted by Gasteiger charge is 2.31. The zero-order chi connectivity index (χ0) is 13.2. The van der Waals surface area contributed by atoms with Gasteiger partial charge in [0.05, 0.1) is 25.7 Å². The summed E-state index contributed by atoms with van der Waals surface area (Å²) in [4.78, 5) is 10.6. The van der Waals surface area contributed by atoms with E-state index in [-0.39, 0.29) is 5.69 Å². The molecule has 0 bridgehead atoms. The van der Waals surface area contributed by atoms with Gasteiger partial charge in [0.1, 0.15) is 11.8 Å². The first-order chi connectivity index (χ1) is 7.82. The number of hydrogen-bond acceptors (Lipinski definition) is 4. The molecule has 90 valence electrons. The van der Waals surface area contributed by atoms with Gasteiger partial charge in [-0.25, -0.2) is 0 Å². The summed E-state index contributed by atoms with van der Waals surface area (Å²) in [5.74, 6) is 0.399. The normalized spacial score (nSPS) is 10.8. The number of nitrogens with zero attached hydrogens (tertiary/aromatic N) is 2. The standard InChI is InChI=1S/C11H14N2O3Si/c1-16-10-6-5-9(13(14)15)11(8(10)7-12)17(2,3)4/h5-6H,1-4H3. The van der Waals surface area contributed by atoms with E-state index in [2.05, 4.69) is 0 Å². The Labute approximate surface area is 101 Å². The summed E-state index contributed by atoms with van der Waals surface area (Å²) >= 11 is 0. The Morgan fingerprint density at radius 2 is 2.00 bits per heavy atom. The van der Waals surface area contributed by atoms with Crippen molar-refractivity contribution in [1.82, 2.24) is 0 Å². The number of nitro benzene ring substituents is 1. The van der Waals surface area contributed by atoms with Crippen molar-refractivity contribution >= 4 is 18.9 Å². The number of rotatable bonds is 3. The van der Waals surface area contributed by atoms with Gasteiger partial charge < -0.3 is 4.74 Å². The van der Waals surface area contributed by atoms with Crippen LogP contribution in [-0.2, 0) is 0 Å². The van der Waals surface area contributed by atoms with E-state index in [4.69, 9.17) is 10.00 Å². The van der Waals surface area contributed by atoms with Gasteiger partial charge in [-0.3, -0.25) is 10.1 Å². The largest absolute Gasteiger partial charge is 0.495 e. The third-order valence-electron chi connectivity index (χ3n) is 2.42. The van der Waals surface area contributed by atoms with E-state index >= 15 is 0 Å². The molecule has 5 nitrogen and oxygen atoms in total. The van der Waals surface area contributed by atoms with E-state index in [1.807, 2.05) is 25.7 Å². The quantitative estimate of drug-likeness (QED) is 0.467. The van der Waals surface area contributed by atoms with Crippen molar-refractivity contribution in [2.24, 2.45) is 0 Å². The lowest BCUT2D eigenvalue weighted by atomic mass is 10.2. The second-order valence-electron chi connectivity index (χ2n) is 4.66. The van der Waals surface area contributed by atoms with Crippen LogP contribution in [0.15, 0.2) is 12.1 Å². The lowest BCUT2D eigenvalue weighted by molar-refractivity contribution is -0.383. The summed E-state index contributed by atoms with van der Waals surface area (Å²) in [6, 6.07) is 4.90. The summed E-state index contributed by atoms with van der Waals surface area (Å²) < 4.78 is 5.08. The zero-order valence-corrected chi connectivity index (χ0v) is 11.3. The molecule has 0 spiro atoms. The molecule has 0 aliphatic heterocycles. The minimum atomic E-state index is -2.00. The number of benzene rings is 1. The van der Waals surface area contributed by atoms with Crippen molar-refractivity contribution in [1.29, 1.82) is 5.26 Å². The molecule has 0 atom stereocenters. The molecule has 0 aliphatic carbocycles. The summed E-state index contributed by atoms with van der Waals surface area (Å²) in [5, 5.41) is 20.7. The first-order valence-corrected chi connectivity index (χ1v) is 8.59.